The van der Waals surface area contributed by atoms with Gasteiger partial charge in [0.05, 0.1) is 16.6 Å². The molecule has 13 heteroatoms. The summed E-state index contributed by atoms with van der Waals surface area (Å²) in [6.45, 7) is -0.789. The summed E-state index contributed by atoms with van der Waals surface area (Å²) in [5, 5.41) is 3.23. The molecule has 0 radical (unpaired) electrons. The molecule has 5 aliphatic rings. The number of halogens is 3. The minimum absolute atomic E-state index is 0.0193. The van der Waals surface area contributed by atoms with Gasteiger partial charge in [-0.25, -0.2) is 0 Å². The quantitative estimate of drug-likeness (QED) is 0.441. The third-order valence-electron chi connectivity index (χ3n) is 7.76. The van der Waals surface area contributed by atoms with Crippen LogP contribution in [0.15, 0.2) is 12.1 Å². The maximum absolute atomic E-state index is 13.0. The number of nitrogens with two attached hydrogens (primary N) is 1. The molecule has 0 aromatic heterocycles. The van der Waals surface area contributed by atoms with Crippen LogP contribution in [0.5, 0.6) is 0 Å². The van der Waals surface area contributed by atoms with Crippen molar-refractivity contribution >= 4 is 69.2 Å². The minimum atomic E-state index is -3.88. The van der Waals surface area contributed by atoms with Crippen molar-refractivity contribution in [2.24, 2.45) is 28.9 Å². The summed E-state index contributed by atoms with van der Waals surface area (Å²) in [5.41, 5.74) is 5.20. The number of hydrogen-bond acceptors (Lipinski definition) is 6. The Hall–Kier alpha value is -1.27. The summed E-state index contributed by atoms with van der Waals surface area (Å²) in [6.07, 6.45) is 4.04. The fraction of sp³-hybridized carbons (Fsp3) is 0.571. The molecule has 2 atom stereocenters. The molecule has 5 N–H and O–H groups in total. The van der Waals surface area contributed by atoms with Crippen LogP contribution in [0.1, 0.15) is 32.1 Å². The van der Waals surface area contributed by atoms with Crippen LogP contribution in [-0.4, -0.2) is 50.3 Å². The van der Waals surface area contributed by atoms with Gasteiger partial charge in [-0.05, 0) is 73.0 Å². The van der Waals surface area contributed by atoms with Crippen LogP contribution in [0.2, 0.25) is 15.1 Å². The number of nitrogens with zero attached hydrogens (tertiary/aromatic N) is 2. The predicted octanol–water partition coefficient (Wildman–Crippen LogP) is 3.67. The maximum atomic E-state index is 13.0. The van der Waals surface area contributed by atoms with E-state index in [9.17, 15) is 23.5 Å². The summed E-state index contributed by atoms with van der Waals surface area (Å²) >= 11 is 18.3. The lowest BCUT2D eigenvalue weighted by atomic mass is 9.47. The SMILES string of the molecule is NC(=O)C12CC3CC(C1)C(NC(=O)CN1CC(=O)N(c4c(Cl)cc(Cl)cc4Cl)S1(O)O)C(C3)C2. The van der Waals surface area contributed by atoms with Gasteiger partial charge in [-0.1, -0.05) is 34.8 Å². The van der Waals surface area contributed by atoms with Crippen molar-refractivity contribution in [2.45, 2.75) is 38.1 Å². The predicted molar refractivity (Wildman–Crippen MR) is 130 cm³/mol. The van der Waals surface area contributed by atoms with E-state index in [2.05, 4.69) is 5.32 Å². The van der Waals surface area contributed by atoms with E-state index in [0.717, 1.165) is 27.9 Å². The van der Waals surface area contributed by atoms with E-state index in [4.69, 9.17) is 40.5 Å². The molecule has 1 aliphatic heterocycles. The second-order valence-corrected chi connectivity index (χ2v) is 13.0. The van der Waals surface area contributed by atoms with E-state index in [1.807, 2.05) is 0 Å². The van der Waals surface area contributed by atoms with Gasteiger partial charge in [0.1, 0.15) is 12.2 Å². The standard InChI is InChI=1S/C21H25Cl3N4O5S/c22-13-3-14(23)19(15(24)4-13)28-17(30)9-27(34(28,32)33)8-16(29)26-18-11-1-10-2-12(18)7-21(5-10,6-11)20(25)31/h3-4,10-12,18,32-33H,1-2,5-9H2,(H2,25,31)(H,26,29). The molecule has 6 rings (SSSR count). The van der Waals surface area contributed by atoms with Gasteiger partial charge in [-0.2, -0.15) is 8.61 Å². The van der Waals surface area contributed by atoms with Crippen LogP contribution >= 0.6 is 45.8 Å². The topological polar surface area (TPSA) is 136 Å². The third kappa shape index (κ3) is 3.87. The fourth-order valence-electron chi connectivity index (χ4n) is 6.63. The molecule has 186 valence electrons. The molecular weight excluding hydrogens is 527 g/mol. The van der Waals surface area contributed by atoms with Gasteiger partial charge in [-0.15, -0.1) is 0 Å². The van der Waals surface area contributed by atoms with Gasteiger partial charge in [0.15, 0.2) is 0 Å². The van der Waals surface area contributed by atoms with Crippen molar-refractivity contribution in [1.82, 2.24) is 9.62 Å². The first-order valence-electron chi connectivity index (χ1n) is 11.0. The molecule has 1 aromatic carbocycles. The van der Waals surface area contributed by atoms with Gasteiger partial charge in [0.2, 0.25) is 11.8 Å². The molecule has 3 amide bonds. The first-order chi connectivity index (χ1) is 15.9. The lowest BCUT2D eigenvalue weighted by Crippen LogP contribution is -2.62. The highest BCUT2D eigenvalue weighted by atomic mass is 35.5. The van der Waals surface area contributed by atoms with Crippen molar-refractivity contribution in [3.05, 3.63) is 27.2 Å². The van der Waals surface area contributed by atoms with E-state index in [-0.39, 0.29) is 44.5 Å². The Morgan fingerprint density at radius 3 is 2.26 bits per heavy atom. The molecule has 2 unspecified atom stereocenters. The van der Waals surface area contributed by atoms with E-state index >= 15 is 0 Å². The van der Waals surface area contributed by atoms with E-state index in [0.29, 0.717) is 18.8 Å². The summed E-state index contributed by atoms with van der Waals surface area (Å²) in [4.78, 5) is 37.8. The zero-order valence-corrected chi connectivity index (χ0v) is 21.1. The molecule has 5 fully saturated rings. The second-order valence-electron chi connectivity index (χ2n) is 9.90. The minimum Gasteiger partial charge on any atom is -0.369 e. The van der Waals surface area contributed by atoms with Crippen molar-refractivity contribution in [3.8, 4) is 0 Å². The van der Waals surface area contributed by atoms with Crippen LogP contribution in [0.3, 0.4) is 0 Å². The average Bonchev–Trinajstić information content (AvgIpc) is 2.92. The number of amides is 3. The third-order valence-corrected chi connectivity index (χ3v) is 10.4. The molecule has 9 nitrogen and oxygen atoms in total. The van der Waals surface area contributed by atoms with E-state index < -0.39 is 41.3 Å². The molecule has 0 spiro atoms. The summed E-state index contributed by atoms with van der Waals surface area (Å²) in [5.74, 6) is -0.562. The number of carbonyl (C=O) groups is 3. The van der Waals surface area contributed by atoms with Crippen LogP contribution in [0.25, 0.3) is 0 Å². The van der Waals surface area contributed by atoms with Gasteiger partial charge in [-0.3, -0.25) is 23.5 Å². The Morgan fingerprint density at radius 2 is 1.71 bits per heavy atom. The van der Waals surface area contributed by atoms with Crippen LogP contribution in [-0.2, 0) is 14.4 Å². The van der Waals surface area contributed by atoms with Crippen molar-refractivity contribution in [1.29, 1.82) is 0 Å². The average molecular weight is 552 g/mol. The maximum Gasteiger partial charge on any atom is 0.262 e. The number of rotatable bonds is 5. The summed E-state index contributed by atoms with van der Waals surface area (Å²) in [7, 11) is -3.88. The Morgan fingerprint density at radius 1 is 1.12 bits per heavy atom. The number of nitrogens with one attached hydrogen (secondary N) is 1. The first kappa shape index (κ1) is 24.4. The van der Waals surface area contributed by atoms with E-state index in [1.165, 1.54) is 12.1 Å². The Labute approximate surface area is 213 Å². The number of hydrogen-bond donors (Lipinski definition) is 4. The molecule has 4 bridgehead atoms. The van der Waals surface area contributed by atoms with Gasteiger partial charge < -0.3 is 11.1 Å². The van der Waals surface area contributed by atoms with Crippen LogP contribution in [0, 0.1) is 23.2 Å². The van der Waals surface area contributed by atoms with Gasteiger partial charge in [0, 0.05) is 16.5 Å². The molecule has 34 heavy (non-hydrogen) atoms. The second kappa shape index (κ2) is 8.40. The smallest absolute Gasteiger partial charge is 0.262 e. The Bertz CT molecular complexity index is 1050. The lowest BCUT2D eigenvalue weighted by molar-refractivity contribution is -0.147. The molecular formula is C21H25Cl3N4O5S. The highest BCUT2D eigenvalue weighted by molar-refractivity contribution is 8.24. The highest BCUT2D eigenvalue weighted by Crippen LogP contribution is 2.60. The largest absolute Gasteiger partial charge is 0.369 e. The number of carbonyl (C=O) groups excluding carboxylic acids is 3. The Balaban J connectivity index is 1.30. The molecule has 1 heterocycles. The molecule has 4 saturated carbocycles. The van der Waals surface area contributed by atoms with Crippen LogP contribution in [0.4, 0.5) is 5.69 Å². The van der Waals surface area contributed by atoms with Crippen molar-refractivity contribution in [3.63, 3.8) is 0 Å². The highest BCUT2D eigenvalue weighted by Gasteiger charge is 2.58. The Kier molecular flexibility index (Phi) is 6.03. The van der Waals surface area contributed by atoms with Crippen molar-refractivity contribution in [2.75, 3.05) is 17.4 Å². The number of benzene rings is 1. The van der Waals surface area contributed by atoms with Gasteiger partial charge in [0.25, 0.3) is 5.91 Å². The lowest BCUT2D eigenvalue weighted by Gasteiger charge is -2.58. The summed E-state index contributed by atoms with van der Waals surface area (Å²) in [6, 6.07) is 2.58. The zero-order valence-electron chi connectivity index (χ0n) is 18.0. The normalized spacial score (nSPS) is 35.0. The van der Waals surface area contributed by atoms with Crippen molar-refractivity contribution < 1.29 is 23.5 Å². The summed E-state index contributed by atoms with van der Waals surface area (Å²) < 4.78 is 23.5. The van der Waals surface area contributed by atoms with Crippen LogP contribution < -0.4 is 15.4 Å². The molecule has 1 saturated heterocycles. The molecule has 4 aliphatic carbocycles. The zero-order chi connectivity index (χ0) is 24.6. The van der Waals surface area contributed by atoms with Gasteiger partial charge >= 0.3 is 0 Å². The number of primary amides is 1. The van der Waals surface area contributed by atoms with E-state index in [1.54, 1.807) is 0 Å². The molecule has 1 aromatic rings. The fourth-order valence-corrected chi connectivity index (χ4v) is 9.29. The first-order valence-corrected chi connectivity index (χ1v) is 13.6. The number of anilines is 1. The monoisotopic (exact) mass is 550 g/mol.